The fraction of sp³-hybridized carbons (Fsp3) is 0.118. The maximum Gasteiger partial charge on any atom is 0.287 e. The quantitative estimate of drug-likeness (QED) is 0.533. The minimum atomic E-state index is -1.10. The van der Waals surface area contributed by atoms with Crippen molar-refractivity contribution in [2.75, 3.05) is 0 Å². The summed E-state index contributed by atoms with van der Waals surface area (Å²) >= 11 is 1.12. The number of nitrogens with zero attached hydrogens (tertiary/aromatic N) is 2. The summed E-state index contributed by atoms with van der Waals surface area (Å²) in [5, 5.41) is 2.58. The molecule has 2 amide bonds. The molecule has 0 saturated heterocycles. The lowest BCUT2D eigenvalue weighted by Crippen LogP contribution is -2.47. The van der Waals surface area contributed by atoms with Crippen LogP contribution in [0.15, 0.2) is 48.2 Å². The second-order valence-electron chi connectivity index (χ2n) is 5.40. The van der Waals surface area contributed by atoms with E-state index in [4.69, 9.17) is 5.73 Å². The number of primary amides is 1. The monoisotopic (exact) mass is 369 g/mol. The summed E-state index contributed by atoms with van der Waals surface area (Å²) in [4.78, 5) is 47.7. The second kappa shape index (κ2) is 7.70. The number of Topliss-reactive ketones (excluding diaryl/α,β-unsaturated/α-hetero) is 1. The molecule has 1 unspecified atom stereocenters. The number of carbonyl (C=O) groups is 3. The highest BCUT2D eigenvalue weighted by Crippen LogP contribution is 2.23. The van der Waals surface area contributed by atoms with Crippen molar-refractivity contribution >= 4 is 28.9 Å². The zero-order valence-electron chi connectivity index (χ0n) is 13.5. The van der Waals surface area contributed by atoms with Gasteiger partial charge in [0.1, 0.15) is 16.6 Å². The van der Waals surface area contributed by atoms with Crippen molar-refractivity contribution < 1.29 is 14.4 Å². The molecule has 8 nitrogen and oxygen atoms in total. The minimum Gasteiger partial charge on any atom is -0.365 e. The fourth-order valence-electron chi connectivity index (χ4n) is 2.41. The SMILES string of the molecule is NC(=O)C(=O)C(Cc1ccc[nH]1)NC(=O)c1scnc1-c1ccccn1. The van der Waals surface area contributed by atoms with Gasteiger partial charge < -0.3 is 16.0 Å². The summed E-state index contributed by atoms with van der Waals surface area (Å²) in [5.41, 5.74) is 8.29. The number of aromatic amines is 1. The number of H-pyrrole nitrogens is 1. The van der Waals surface area contributed by atoms with E-state index in [-0.39, 0.29) is 6.42 Å². The summed E-state index contributed by atoms with van der Waals surface area (Å²) in [7, 11) is 0. The average Bonchev–Trinajstić information content (AvgIpc) is 3.32. The van der Waals surface area contributed by atoms with Gasteiger partial charge in [-0.1, -0.05) is 6.07 Å². The van der Waals surface area contributed by atoms with Crippen LogP contribution >= 0.6 is 11.3 Å². The Morgan fingerprint density at radius 3 is 2.69 bits per heavy atom. The van der Waals surface area contributed by atoms with Crippen molar-refractivity contribution in [3.63, 3.8) is 0 Å². The first-order valence-corrected chi connectivity index (χ1v) is 8.56. The van der Waals surface area contributed by atoms with Crippen molar-refractivity contribution in [1.29, 1.82) is 0 Å². The maximum absolute atomic E-state index is 12.7. The number of hydrogen-bond donors (Lipinski definition) is 3. The van der Waals surface area contributed by atoms with Crippen LogP contribution < -0.4 is 11.1 Å². The number of rotatable bonds is 7. The number of amides is 2. The molecular formula is C17H15N5O3S. The number of nitrogens with one attached hydrogen (secondary N) is 2. The van der Waals surface area contributed by atoms with Gasteiger partial charge in [0.15, 0.2) is 0 Å². The smallest absolute Gasteiger partial charge is 0.287 e. The number of hydrogen-bond acceptors (Lipinski definition) is 6. The van der Waals surface area contributed by atoms with Gasteiger partial charge in [0.05, 0.1) is 11.2 Å². The van der Waals surface area contributed by atoms with E-state index in [0.29, 0.717) is 22.0 Å². The Bertz CT molecular complexity index is 921. The molecule has 9 heteroatoms. The first-order valence-electron chi connectivity index (χ1n) is 7.68. The highest BCUT2D eigenvalue weighted by molar-refractivity contribution is 7.12. The lowest BCUT2D eigenvalue weighted by molar-refractivity contribution is -0.137. The number of pyridine rings is 1. The first kappa shape index (κ1) is 17.5. The summed E-state index contributed by atoms with van der Waals surface area (Å²) in [5.74, 6) is -2.48. The molecule has 0 saturated carbocycles. The third-order valence-corrected chi connectivity index (χ3v) is 4.46. The second-order valence-corrected chi connectivity index (χ2v) is 6.25. The van der Waals surface area contributed by atoms with Crippen molar-refractivity contribution in [2.24, 2.45) is 5.73 Å². The van der Waals surface area contributed by atoms with Crippen molar-refractivity contribution in [1.82, 2.24) is 20.3 Å². The molecule has 0 radical (unpaired) electrons. The number of thiazole rings is 1. The van der Waals surface area contributed by atoms with Crippen molar-refractivity contribution in [3.8, 4) is 11.4 Å². The van der Waals surface area contributed by atoms with Gasteiger partial charge in [-0.15, -0.1) is 11.3 Å². The third kappa shape index (κ3) is 3.83. The molecular weight excluding hydrogens is 354 g/mol. The zero-order chi connectivity index (χ0) is 18.5. The standard InChI is InChI=1S/C17H15N5O3S/c18-16(24)14(23)12(8-10-4-3-7-19-10)22-17(25)15-13(21-9-26-15)11-5-1-2-6-20-11/h1-7,9,12,19H,8H2,(H2,18,24)(H,22,25). The molecule has 3 aromatic rings. The fourth-order valence-corrected chi connectivity index (χ4v) is 3.11. The van der Waals surface area contributed by atoms with Gasteiger partial charge in [-0.3, -0.25) is 19.4 Å². The molecule has 26 heavy (non-hydrogen) atoms. The van der Waals surface area contributed by atoms with Crippen LogP contribution in [-0.4, -0.2) is 38.6 Å². The Hall–Kier alpha value is -3.33. The first-order chi connectivity index (χ1) is 12.6. The van der Waals surface area contributed by atoms with Crippen LogP contribution in [0.1, 0.15) is 15.4 Å². The van der Waals surface area contributed by atoms with Crippen LogP contribution in [0.2, 0.25) is 0 Å². The van der Waals surface area contributed by atoms with Gasteiger partial charge in [0.2, 0.25) is 5.78 Å². The van der Waals surface area contributed by atoms with Crippen LogP contribution in [-0.2, 0) is 16.0 Å². The minimum absolute atomic E-state index is 0.123. The van der Waals surface area contributed by atoms with Gasteiger partial charge in [0.25, 0.3) is 11.8 Å². The molecule has 0 aromatic carbocycles. The number of ketones is 1. The molecule has 0 bridgehead atoms. The van der Waals surface area contributed by atoms with Gasteiger partial charge in [-0.25, -0.2) is 4.98 Å². The molecule has 3 heterocycles. The molecule has 3 rings (SSSR count). The van der Waals surface area contributed by atoms with Crippen LogP contribution in [0.25, 0.3) is 11.4 Å². The van der Waals surface area contributed by atoms with Crippen LogP contribution in [0, 0.1) is 0 Å². The molecule has 0 aliphatic rings. The maximum atomic E-state index is 12.7. The topological polar surface area (TPSA) is 131 Å². The highest BCUT2D eigenvalue weighted by atomic mass is 32.1. The van der Waals surface area contributed by atoms with Crippen LogP contribution in [0.5, 0.6) is 0 Å². The van der Waals surface area contributed by atoms with E-state index in [0.717, 1.165) is 11.3 Å². The average molecular weight is 369 g/mol. The molecule has 3 aromatic heterocycles. The molecule has 0 aliphatic carbocycles. The van der Waals surface area contributed by atoms with Crippen LogP contribution in [0.4, 0.5) is 0 Å². The molecule has 0 fully saturated rings. The third-order valence-electron chi connectivity index (χ3n) is 3.63. The van der Waals surface area contributed by atoms with E-state index >= 15 is 0 Å². The van der Waals surface area contributed by atoms with Gasteiger partial charge in [-0.2, -0.15) is 0 Å². The Morgan fingerprint density at radius 1 is 1.19 bits per heavy atom. The van der Waals surface area contributed by atoms with E-state index in [2.05, 4.69) is 20.3 Å². The van der Waals surface area contributed by atoms with Crippen molar-refractivity contribution in [2.45, 2.75) is 12.5 Å². The molecule has 132 valence electrons. The Morgan fingerprint density at radius 2 is 2.04 bits per heavy atom. The van der Waals surface area contributed by atoms with Gasteiger partial charge >= 0.3 is 0 Å². The largest absolute Gasteiger partial charge is 0.365 e. The van der Waals surface area contributed by atoms with Crippen LogP contribution in [0.3, 0.4) is 0 Å². The van der Waals surface area contributed by atoms with E-state index in [1.165, 1.54) is 5.51 Å². The summed E-state index contributed by atoms with van der Waals surface area (Å²) in [6.45, 7) is 0. The van der Waals surface area contributed by atoms with E-state index in [1.54, 1.807) is 42.7 Å². The van der Waals surface area contributed by atoms with E-state index in [1.807, 2.05) is 0 Å². The Kier molecular flexibility index (Phi) is 5.18. The predicted molar refractivity (Wildman–Crippen MR) is 95.3 cm³/mol. The number of nitrogens with two attached hydrogens (primary N) is 1. The Labute approximate surface area is 152 Å². The van der Waals surface area contributed by atoms with E-state index in [9.17, 15) is 14.4 Å². The summed E-state index contributed by atoms with van der Waals surface area (Å²) < 4.78 is 0. The number of aromatic nitrogens is 3. The molecule has 1 atom stereocenters. The number of carbonyl (C=O) groups excluding carboxylic acids is 3. The lowest BCUT2D eigenvalue weighted by atomic mass is 10.1. The van der Waals surface area contributed by atoms with E-state index < -0.39 is 23.6 Å². The molecule has 0 aliphatic heterocycles. The summed E-state index contributed by atoms with van der Waals surface area (Å²) in [6.07, 6.45) is 3.41. The normalized spacial score (nSPS) is 11.7. The molecule has 0 spiro atoms. The zero-order valence-corrected chi connectivity index (χ0v) is 14.3. The Balaban J connectivity index is 1.83. The lowest BCUT2D eigenvalue weighted by Gasteiger charge is -2.15. The van der Waals surface area contributed by atoms with Crippen molar-refractivity contribution in [3.05, 3.63) is 58.8 Å². The highest BCUT2D eigenvalue weighted by Gasteiger charge is 2.28. The van der Waals surface area contributed by atoms with Gasteiger partial charge in [0, 0.05) is 24.5 Å². The molecule has 4 N–H and O–H groups in total. The summed E-state index contributed by atoms with van der Waals surface area (Å²) in [6, 6.07) is 7.71. The van der Waals surface area contributed by atoms with Gasteiger partial charge in [-0.05, 0) is 24.3 Å². The predicted octanol–water partition coefficient (Wildman–Crippen LogP) is 0.929.